The standard InChI is InChI=1S/C11H12BrFN2O3/c12-8-5-11(15(17)18)10(6-9(8)13)14-3-1-7(16)2-4-14/h5-7,16H,1-4H2. The second-order valence-electron chi connectivity index (χ2n) is 4.23. The quantitative estimate of drug-likeness (QED) is 0.672. The summed E-state index contributed by atoms with van der Waals surface area (Å²) in [4.78, 5) is 12.2. The summed E-state index contributed by atoms with van der Waals surface area (Å²) in [6, 6.07) is 2.34. The van der Waals surface area contributed by atoms with Crippen LogP contribution in [0.5, 0.6) is 0 Å². The smallest absolute Gasteiger partial charge is 0.293 e. The zero-order chi connectivity index (χ0) is 13.3. The molecule has 1 saturated heterocycles. The Kier molecular flexibility index (Phi) is 3.82. The first-order chi connectivity index (χ1) is 8.49. The van der Waals surface area contributed by atoms with Crippen LogP contribution < -0.4 is 4.90 Å². The van der Waals surface area contributed by atoms with Gasteiger partial charge in [-0.15, -0.1) is 0 Å². The molecule has 0 saturated carbocycles. The van der Waals surface area contributed by atoms with Crippen molar-refractivity contribution in [1.82, 2.24) is 0 Å². The highest BCUT2D eigenvalue weighted by molar-refractivity contribution is 9.10. The Morgan fingerprint density at radius 2 is 2.06 bits per heavy atom. The van der Waals surface area contributed by atoms with Crippen LogP contribution in [0.3, 0.4) is 0 Å². The van der Waals surface area contributed by atoms with E-state index >= 15 is 0 Å². The molecule has 1 aromatic carbocycles. The Morgan fingerprint density at radius 3 is 2.61 bits per heavy atom. The Balaban J connectivity index is 2.36. The molecule has 0 radical (unpaired) electrons. The average Bonchev–Trinajstić information content (AvgIpc) is 2.33. The first-order valence-electron chi connectivity index (χ1n) is 5.55. The number of hydrogen-bond acceptors (Lipinski definition) is 4. The van der Waals surface area contributed by atoms with Gasteiger partial charge < -0.3 is 10.0 Å². The number of nitro benzene ring substituents is 1. The van der Waals surface area contributed by atoms with Gasteiger partial charge in [0, 0.05) is 25.2 Å². The van der Waals surface area contributed by atoms with E-state index in [-0.39, 0.29) is 22.0 Å². The van der Waals surface area contributed by atoms with Crippen LogP contribution in [0, 0.1) is 15.9 Å². The zero-order valence-corrected chi connectivity index (χ0v) is 11.1. The summed E-state index contributed by atoms with van der Waals surface area (Å²) in [5.74, 6) is -0.526. The molecule has 18 heavy (non-hydrogen) atoms. The van der Waals surface area contributed by atoms with Crippen LogP contribution in [0.2, 0.25) is 0 Å². The summed E-state index contributed by atoms with van der Waals surface area (Å²) in [5.41, 5.74) is 0.146. The largest absolute Gasteiger partial charge is 0.393 e. The monoisotopic (exact) mass is 318 g/mol. The summed E-state index contributed by atoms with van der Waals surface area (Å²) < 4.78 is 13.6. The van der Waals surface area contributed by atoms with E-state index in [2.05, 4.69) is 15.9 Å². The van der Waals surface area contributed by atoms with E-state index in [0.717, 1.165) is 0 Å². The van der Waals surface area contributed by atoms with Gasteiger partial charge in [0.15, 0.2) is 0 Å². The molecular formula is C11H12BrFN2O3. The molecule has 1 N–H and O–H groups in total. The van der Waals surface area contributed by atoms with Crippen LogP contribution in [-0.2, 0) is 0 Å². The molecule has 0 aromatic heterocycles. The summed E-state index contributed by atoms with van der Waals surface area (Å²) in [5, 5.41) is 20.4. The van der Waals surface area contributed by atoms with Crippen molar-refractivity contribution in [3.63, 3.8) is 0 Å². The Bertz CT molecular complexity index is 476. The highest BCUT2D eigenvalue weighted by atomic mass is 79.9. The summed E-state index contributed by atoms with van der Waals surface area (Å²) in [6.45, 7) is 0.978. The van der Waals surface area contributed by atoms with Gasteiger partial charge in [0.1, 0.15) is 11.5 Å². The number of piperidine rings is 1. The van der Waals surface area contributed by atoms with Crippen molar-refractivity contribution in [3.8, 4) is 0 Å². The average molecular weight is 319 g/mol. The first kappa shape index (κ1) is 13.2. The molecule has 0 atom stereocenters. The minimum absolute atomic E-state index is 0.0787. The van der Waals surface area contributed by atoms with Crippen molar-refractivity contribution < 1.29 is 14.4 Å². The predicted molar refractivity (Wildman–Crippen MR) is 68.2 cm³/mol. The summed E-state index contributed by atoms with van der Waals surface area (Å²) in [6.07, 6.45) is 0.699. The van der Waals surface area contributed by atoms with Gasteiger partial charge in [-0.05, 0) is 28.8 Å². The summed E-state index contributed by atoms with van der Waals surface area (Å²) in [7, 11) is 0. The number of anilines is 1. The van der Waals surface area contributed by atoms with Gasteiger partial charge in [-0.25, -0.2) is 4.39 Å². The molecular weight excluding hydrogens is 307 g/mol. The van der Waals surface area contributed by atoms with Crippen molar-refractivity contribution in [1.29, 1.82) is 0 Å². The molecule has 0 amide bonds. The van der Waals surface area contributed by atoms with Crippen molar-refractivity contribution in [2.75, 3.05) is 18.0 Å². The van der Waals surface area contributed by atoms with E-state index in [1.54, 1.807) is 4.90 Å². The van der Waals surface area contributed by atoms with Crippen LogP contribution in [0.25, 0.3) is 0 Å². The van der Waals surface area contributed by atoms with E-state index in [9.17, 15) is 19.6 Å². The van der Waals surface area contributed by atoms with Gasteiger partial charge in [-0.3, -0.25) is 10.1 Å². The summed E-state index contributed by atoms with van der Waals surface area (Å²) >= 11 is 2.94. The third kappa shape index (κ3) is 2.62. The number of nitro groups is 1. The highest BCUT2D eigenvalue weighted by Crippen LogP contribution is 2.34. The van der Waals surface area contributed by atoms with Crippen LogP contribution in [0.1, 0.15) is 12.8 Å². The maximum atomic E-state index is 13.5. The van der Waals surface area contributed by atoms with E-state index in [0.29, 0.717) is 25.9 Å². The number of nitrogens with zero attached hydrogens (tertiary/aromatic N) is 2. The maximum Gasteiger partial charge on any atom is 0.293 e. The lowest BCUT2D eigenvalue weighted by molar-refractivity contribution is -0.384. The van der Waals surface area contributed by atoms with Crippen molar-refractivity contribution >= 4 is 27.3 Å². The van der Waals surface area contributed by atoms with E-state index in [1.807, 2.05) is 0 Å². The zero-order valence-electron chi connectivity index (χ0n) is 9.47. The van der Waals surface area contributed by atoms with E-state index in [1.165, 1.54) is 12.1 Å². The van der Waals surface area contributed by atoms with Crippen LogP contribution >= 0.6 is 15.9 Å². The van der Waals surface area contributed by atoms with Gasteiger partial charge in [0.25, 0.3) is 5.69 Å². The minimum atomic E-state index is -0.526. The molecule has 7 heteroatoms. The fourth-order valence-corrected chi connectivity index (χ4v) is 2.36. The number of aliphatic hydroxyl groups excluding tert-OH is 1. The second kappa shape index (κ2) is 5.19. The first-order valence-corrected chi connectivity index (χ1v) is 6.35. The maximum absolute atomic E-state index is 13.5. The topological polar surface area (TPSA) is 66.6 Å². The lowest BCUT2D eigenvalue weighted by Gasteiger charge is -2.31. The third-order valence-corrected chi connectivity index (χ3v) is 3.63. The molecule has 5 nitrogen and oxygen atoms in total. The Hall–Kier alpha value is -1.21. The Morgan fingerprint density at radius 1 is 1.44 bits per heavy atom. The van der Waals surface area contributed by atoms with E-state index < -0.39 is 10.7 Å². The van der Waals surface area contributed by atoms with Gasteiger partial charge in [-0.2, -0.15) is 0 Å². The van der Waals surface area contributed by atoms with Crippen molar-refractivity contribution in [3.05, 3.63) is 32.5 Å². The fourth-order valence-electron chi connectivity index (χ4n) is 2.03. The Labute approximate surface area is 111 Å². The molecule has 1 aromatic rings. The van der Waals surface area contributed by atoms with E-state index in [4.69, 9.17) is 0 Å². The number of aliphatic hydroxyl groups is 1. The van der Waals surface area contributed by atoms with Crippen LogP contribution in [0.4, 0.5) is 15.8 Å². The third-order valence-electron chi connectivity index (χ3n) is 3.02. The molecule has 1 fully saturated rings. The molecule has 1 aliphatic heterocycles. The fraction of sp³-hybridized carbons (Fsp3) is 0.455. The molecule has 0 spiro atoms. The number of hydrogen-bond donors (Lipinski definition) is 1. The molecule has 98 valence electrons. The van der Waals surface area contributed by atoms with Gasteiger partial charge in [0.2, 0.25) is 0 Å². The molecule has 0 unspecified atom stereocenters. The predicted octanol–water partition coefficient (Wildman–Crippen LogP) is 2.46. The van der Waals surface area contributed by atoms with Crippen LogP contribution in [0.15, 0.2) is 16.6 Å². The van der Waals surface area contributed by atoms with Crippen molar-refractivity contribution in [2.24, 2.45) is 0 Å². The highest BCUT2D eigenvalue weighted by Gasteiger charge is 2.25. The van der Waals surface area contributed by atoms with Crippen molar-refractivity contribution in [2.45, 2.75) is 18.9 Å². The molecule has 1 heterocycles. The number of benzene rings is 1. The van der Waals surface area contributed by atoms with Gasteiger partial charge >= 0.3 is 0 Å². The van der Waals surface area contributed by atoms with Crippen LogP contribution in [-0.4, -0.2) is 29.2 Å². The lowest BCUT2D eigenvalue weighted by Crippen LogP contribution is -2.36. The SMILES string of the molecule is O=[N+]([O-])c1cc(Br)c(F)cc1N1CCC(O)CC1. The lowest BCUT2D eigenvalue weighted by atomic mass is 10.1. The number of halogens is 2. The normalized spacial score (nSPS) is 16.9. The minimum Gasteiger partial charge on any atom is -0.393 e. The second-order valence-corrected chi connectivity index (χ2v) is 5.08. The van der Waals surface area contributed by atoms with Gasteiger partial charge in [-0.1, -0.05) is 0 Å². The molecule has 0 bridgehead atoms. The molecule has 2 rings (SSSR count). The number of rotatable bonds is 2. The van der Waals surface area contributed by atoms with Gasteiger partial charge in [0.05, 0.1) is 15.5 Å². The molecule has 0 aliphatic carbocycles. The molecule has 1 aliphatic rings.